The second-order valence-corrected chi connectivity index (χ2v) is 8.18. The standard InChI is InChI=1S/C20H28F3N3O/c1-14-4-7-19(11-14,6-2-3-8-24)18(27)26-9-5-17-15(13-26)10-16(12-25-17)20(21,22)23/h10,12,14H,2-9,11,13,24H2,1H3/t14-,19+/m1/s1. The lowest BCUT2D eigenvalue weighted by Gasteiger charge is -2.37. The number of alkyl halides is 3. The van der Waals surface area contributed by atoms with Crippen LogP contribution in [0.4, 0.5) is 13.2 Å². The minimum absolute atomic E-state index is 0.104. The Morgan fingerprint density at radius 2 is 2.19 bits per heavy atom. The van der Waals surface area contributed by atoms with E-state index < -0.39 is 11.7 Å². The van der Waals surface area contributed by atoms with Gasteiger partial charge < -0.3 is 10.6 Å². The number of pyridine rings is 1. The molecule has 2 atom stereocenters. The number of hydrogen-bond acceptors (Lipinski definition) is 3. The molecule has 150 valence electrons. The smallest absolute Gasteiger partial charge is 0.337 e. The normalized spacial score (nSPS) is 25.5. The number of fused-ring (bicyclic) bond motifs is 1. The number of rotatable bonds is 5. The summed E-state index contributed by atoms with van der Waals surface area (Å²) in [6.45, 7) is 3.53. The van der Waals surface area contributed by atoms with E-state index in [1.54, 1.807) is 4.90 Å². The summed E-state index contributed by atoms with van der Waals surface area (Å²) < 4.78 is 39.0. The molecule has 0 unspecified atom stereocenters. The first-order valence-corrected chi connectivity index (χ1v) is 9.79. The molecule has 0 aromatic carbocycles. The van der Waals surface area contributed by atoms with Crippen LogP contribution in [-0.4, -0.2) is 28.9 Å². The summed E-state index contributed by atoms with van der Waals surface area (Å²) >= 11 is 0. The maximum absolute atomic E-state index is 13.4. The van der Waals surface area contributed by atoms with Gasteiger partial charge in [0.15, 0.2) is 0 Å². The molecule has 27 heavy (non-hydrogen) atoms. The minimum atomic E-state index is -4.42. The van der Waals surface area contributed by atoms with Gasteiger partial charge in [0, 0.05) is 36.8 Å². The number of hydrogen-bond donors (Lipinski definition) is 1. The van der Waals surface area contributed by atoms with Gasteiger partial charge in [0.1, 0.15) is 0 Å². The minimum Gasteiger partial charge on any atom is -0.337 e. The van der Waals surface area contributed by atoms with E-state index in [9.17, 15) is 18.0 Å². The van der Waals surface area contributed by atoms with E-state index in [0.29, 0.717) is 36.7 Å². The quantitative estimate of drug-likeness (QED) is 0.784. The van der Waals surface area contributed by atoms with Crippen molar-refractivity contribution in [1.82, 2.24) is 9.88 Å². The van der Waals surface area contributed by atoms with Gasteiger partial charge in [-0.25, -0.2) is 0 Å². The van der Waals surface area contributed by atoms with E-state index in [1.165, 1.54) is 0 Å². The Kier molecular flexibility index (Phi) is 5.79. The number of halogens is 3. The molecular formula is C20H28F3N3O. The van der Waals surface area contributed by atoms with E-state index in [1.807, 2.05) is 0 Å². The predicted molar refractivity (Wildman–Crippen MR) is 96.7 cm³/mol. The van der Waals surface area contributed by atoms with Crippen LogP contribution in [0.15, 0.2) is 12.3 Å². The van der Waals surface area contributed by atoms with E-state index in [-0.39, 0.29) is 17.9 Å². The third-order valence-electron chi connectivity index (χ3n) is 6.07. The Balaban J connectivity index is 1.79. The first-order chi connectivity index (χ1) is 12.7. The average Bonchev–Trinajstić information content (AvgIpc) is 3.01. The van der Waals surface area contributed by atoms with Crippen molar-refractivity contribution in [2.24, 2.45) is 17.1 Å². The Hall–Kier alpha value is -1.63. The number of nitrogens with zero attached hydrogens (tertiary/aromatic N) is 2. The number of nitrogens with two attached hydrogens (primary N) is 1. The summed E-state index contributed by atoms with van der Waals surface area (Å²) in [6, 6.07) is 1.15. The molecule has 1 aliphatic heterocycles. The number of carbonyl (C=O) groups is 1. The molecule has 0 saturated heterocycles. The van der Waals surface area contributed by atoms with Crippen molar-refractivity contribution in [2.75, 3.05) is 13.1 Å². The van der Waals surface area contributed by atoms with Gasteiger partial charge in [-0.15, -0.1) is 0 Å². The van der Waals surface area contributed by atoms with Crippen LogP contribution >= 0.6 is 0 Å². The SMILES string of the molecule is C[C@@H]1CC[C@](CCCCN)(C(=O)N2CCc3ncc(C(F)(F)F)cc3C2)C1. The van der Waals surface area contributed by atoms with Crippen molar-refractivity contribution < 1.29 is 18.0 Å². The third kappa shape index (κ3) is 4.28. The molecule has 1 saturated carbocycles. The van der Waals surface area contributed by atoms with E-state index in [2.05, 4.69) is 11.9 Å². The van der Waals surface area contributed by atoms with Gasteiger partial charge in [-0.1, -0.05) is 13.3 Å². The van der Waals surface area contributed by atoms with Crippen LogP contribution in [0.3, 0.4) is 0 Å². The first-order valence-electron chi connectivity index (χ1n) is 9.79. The van der Waals surface area contributed by atoms with Crippen molar-refractivity contribution in [3.63, 3.8) is 0 Å². The maximum atomic E-state index is 13.4. The van der Waals surface area contributed by atoms with Gasteiger partial charge >= 0.3 is 6.18 Å². The van der Waals surface area contributed by atoms with Crippen molar-refractivity contribution in [1.29, 1.82) is 0 Å². The van der Waals surface area contributed by atoms with Crippen LogP contribution in [0.5, 0.6) is 0 Å². The molecule has 2 aliphatic rings. The summed E-state index contributed by atoms with van der Waals surface area (Å²) in [5, 5.41) is 0. The lowest BCUT2D eigenvalue weighted by molar-refractivity contribution is -0.143. The Bertz CT molecular complexity index is 692. The second kappa shape index (κ2) is 7.78. The largest absolute Gasteiger partial charge is 0.417 e. The highest BCUT2D eigenvalue weighted by Gasteiger charge is 2.46. The second-order valence-electron chi connectivity index (χ2n) is 8.18. The molecule has 1 aromatic heterocycles. The summed E-state index contributed by atoms with van der Waals surface area (Å²) in [4.78, 5) is 19.2. The van der Waals surface area contributed by atoms with Crippen LogP contribution in [0.2, 0.25) is 0 Å². The fraction of sp³-hybridized carbons (Fsp3) is 0.700. The third-order valence-corrected chi connectivity index (χ3v) is 6.07. The summed E-state index contributed by atoms with van der Waals surface area (Å²) in [5.74, 6) is 0.606. The van der Waals surface area contributed by atoms with Gasteiger partial charge in [0.25, 0.3) is 0 Å². The van der Waals surface area contributed by atoms with Gasteiger partial charge in [-0.2, -0.15) is 13.2 Å². The highest BCUT2D eigenvalue weighted by Crippen LogP contribution is 2.47. The fourth-order valence-electron chi connectivity index (χ4n) is 4.62. The molecule has 1 amide bonds. The van der Waals surface area contributed by atoms with Crippen molar-refractivity contribution in [3.05, 3.63) is 29.1 Å². The van der Waals surface area contributed by atoms with E-state index in [4.69, 9.17) is 5.73 Å². The van der Waals surface area contributed by atoms with Gasteiger partial charge in [-0.3, -0.25) is 9.78 Å². The van der Waals surface area contributed by atoms with Crippen LogP contribution in [0.1, 0.15) is 62.3 Å². The van der Waals surface area contributed by atoms with Gasteiger partial charge in [0.05, 0.1) is 5.56 Å². The lowest BCUT2D eigenvalue weighted by atomic mass is 9.78. The fourth-order valence-corrected chi connectivity index (χ4v) is 4.62. The Morgan fingerprint density at radius 1 is 1.41 bits per heavy atom. The van der Waals surface area contributed by atoms with Crippen LogP contribution in [0.25, 0.3) is 0 Å². The van der Waals surface area contributed by atoms with Crippen molar-refractivity contribution >= 4 is 5.91 Å². The number of carbonyl (C=O) groups excluding carboxylic acids is 1. The van der Waals surface area contributed by atoms with Crippen LogP contribution in [-0.2, 0) is 23.9 Å². The summed E-state index contributed by atoms with van der Waals surface area (Å²) in [6.07, 6.45) is 2.36. The number of unbranched alkanes of at least 4 members (excludes halogenated alkanes) is 1. The number of amides is 1. The molecule has 1 aromatic rings. The zero-order chi connectivity index (χ0) is 19.7. The lowest BCUT2D eigenvalue weighted by Crippen LogP contribution is -2.45. The average molecular weight is 383 g/mol. The maximum Gasteiger partial charge on any atom is 0.417 e. The molecule has 0 radical (unpaired) electrons. The number of aromatic nitrogens is 1. The zero-order valence-corrected chi connectivity index (χ0v) is 15.8. The first kappa shape index (κ1) is 20.1. The van der Waals surface area contributed by atoms with Gasteiger partial charge in [0.2, 0.25) is 5.91 Å². The summed E-state index contributed by atoms with van der Waals surface area (Å²) in [7, 11) is 0. The van der Waals surface area contributed by atoms with Crippen molar-refractivity contribution in [3.8, 4) is 0 Å². The molecule has 1 fully saturated rings. The molecule has 3 rings (SSSR count). The molecule has 4 nitrogen and oxygen atoms in total. The molecule has 2 heterocycles. The molecule has 0 spiro atoms. The molecule has 7 heteroatoms. The Morgan fingerprint density at radius 3 is 2.81 bits per heavy atom. The van der Waals surface area contributed by atoms with Crippen LogP contribution in [0, 0.1) is 11.3 Å². The highest BCUT2D eigenvalue weighted by atomic mass is 19.4. The molecular weight excluding hydrogens is 355 g/mol. The monoisotopic (exact) mass is 383 g/mol. The van der Waals surface area contributed by atoms with Crippen molar-refractivity contribution in [2.45, 2.75) is 64.6 Å². The highest BCUT2D eigenvalue weighted by molar-refractivity contribution is 5.83. The summed E-state index contributed by atoms with van der Waals surface area (Å²) in [5.41, 5.74) is 5.68. The Labute approximate surface area is 158 Å². The molecule has 2 N–H and O–H groups in total. The molecule has 1 aliphatic carbocycles. The predicted octanol–water partition coefficient (Wildman–Crippen LogP) is 3.92. The topological polar surface area (TPSA) is 59.2 Å². The zero-order valence-electron chi connectivity index (χ0n) is 15.8. The van der Waals surface area contributed by atoms with E-state index in [0.717, 1.165) is 50.8 Å². The van der Waals surface area contributed by atoms with Gasteiger partial charge in [-0.05, 0) is 56.2 Å². The van der Waals surface area contributed by atoms with Crippen LogP contribution < -0.4 is 5.73 Å². The van der Waals surface area contributed by atoms with E-state index >= 15 is 0 Å². The molecule has 0 bridgehead atoms.